The SMILES string of the molecule is CCOc1ccc(NC(=O)CSc2ccc(NC(=O)c3ccccc3C)cc2)cc1. The van der Waals surface area contributed by atoms with E-state index in [1.165, 1.54) is 11.8 Å². The summed E-state index contributed by atoms with van der Waals surface area (Å²) in [6, 6.07) is 22.2. The minimum atomic E-state index is -0.136. The van der Waals surface area contributed by atoms with Crippen LogP contribution in [-0.4, -0.2) is 24.2 Å². The van der Waals surface area contributed by atoms with Crippen molar-refractivity contribution >= 4 is 35.0 Å². The molecule has 154 valence electrons. The molecule has 0 radical (unpaired) electrons. The van der Waals surface area contributed by atoms with Gasteiger partial charge < -0.3 is 15.4 Å². The van der Waals surface area contributed by atoms with E-state index in [-0.39, 0.29) is 11.8 Å². The first-order chi connectivity index (χ1) is 14.5. The molecule has 0 fully saturated rings. The molecule has 0 aliphatic rings. The zero-order valence-corrected chi connectivity index (χ0v) is 17.8. The smallest absolute Gasteiger partial charge is 0.255 e. The molecule has 0 saturated carbocycles. The van der Waals surface area contributed by atoms with Gasteiger partial charge in [0.2, 0.25) is 5.91 Å². The number of anilines is 2. The Balaban J connectivity index is 1.49. The molecular formula is C24H24N2O3S. The van der Waals surface area contributed by atoms with Crippen molar-refractivity contribution < 1.29 is 14.3 Å². The van der Waals surface area contributed by atoms with Crippen molar-refractivity contribution in [3.05, 3.63) is 83.9 Å². The van der Waals surface area contributed by atoms with Crippen LogP contribution in [0.2, 0.25) is 0 Å². The summed E-state index contributed by atoms with van der Waals surface area (Å²) in [5.41, 5.74) is 3.03. The maximum atomic E-state index is 12.4. The zero-order chi connectivity index (χ0) is 21.3. The number of hydrogen-bond donors (Lipinski definition) is 2. The Morgan fingerprint density at radius 3 is 2.17 bits per heavy atom. The summed E-state index contributed by atoms with van der Waals surface area (Å²) >= 11 is 1.44. The Bertz CT molecular complexity index is 1000. The zero-order valence-electron chi connectivity index (χ0n) is 17.0. The van der Waals surface area contributed by atoms with Gasteiger partial charge in [0.05, 0.1) is 12.4 Å². The second-order valence-corrected chi connectivity index (χ2v) is 7.64. The van der Waals surface area contributed by atoms with E-state index in [1.54, 1.807) is 6.07 Å². The monoisotopic (exact) mass is 420 g/mol. The Morgan fingerprint density at radius 2 is 1.50 bits per heavy atom. The van der Waals surface area contributed by atoms with Crippen molar-refractivity contribution in [1.29, 1.82) is 0 Å². The van der Waals surface area contributed by atoms with Gasteiger partial charge in [-0.05, 0) is 74.0 Å². The van der Waals surface area contributed by atoms with E-state index < -0.39 is 0 Å². The summed E-state index contributed by atoms with van der Waals surface area (Å²) in [6.07, 6.45) is 0. The molecule has 0 aliphatic carbocycles. The predicted octanol–water partition coefficient (Wildman–Crippen LogP) is 5.38. The number of thioether (sulfide) groups is 1. The third kappa shape index (κ3) is 6.12. The molecule has 2 N–H and O–H groups in total. The summed E-state index contributed by atoms with van der Waals surface area (Å²) in [5, 5.41) is 5.77. The number of rotatable bonds is 8. The largest absolute Gasteiger partial charge is 0.494 e. The number of aryl methyl sites for hydroxylation is 1. The van der Waals surface area contributed by atoms with Crippen LogP contribution in [-0.2, 0) is 4.79 Å². The van der Waals surface area contributed by atoms with Crippen molar-refractivity contribution in [2.24, 2.45) is 0 Å². The van der Waals surface area contributed by atoms with Crippen LogP contribution in [0.5, 0.6) is 5.75 Å². The van der Waals surface area contributed by atoms with Gasteiger partial charge in [-0.15, -0.1) is 11.8 Å². The number of carbonyl (C=O) groups excluding carboxylic acids is 2. The van der Waals surface area contributed by atoms with Crippen LogP contribution in [0.25, 0.3) is 0 Å². The average Bonchev–Trinajstić information content (AvgIpc) is 2.75. The lowest BCUT2D eigenvalue weighted by molar-refractivity contribution is -0.113. The van der Waals surface area contributed by atoms with Gasteiger partial charge in [-0.1, -0.05) is 18.2 Å². The molecule has 3 aromatic rings. The summed E-state index contributed by atoms with van der Waals surface area (Å²) in [6.45, 7) is 4.45. The highest BCUT2D eigenvalue weighted by Crippen LogP contribution is 2.22. The van der Waals surface area contributed by atoms with Gasteiger partial charge in [-0.3, -0.25) is 9.59 Å². The molecule has 2 amide bonds. The van der Waals surface area contributed by atoms with E-state index in [9.17, 15) is 9.59 Å². The van der Waals surface area contributed by atoms with Gasteiger partial charge in [0, 0.05) is 21.8 Å². The molecule has 3 aromatic carbocycles. The number of carbonyl (C=O) groups is 2. The van der Waals surface area contributed by atoms with Crippen LogP contribution >= 0.6 is 11.8 Å². The highest BCUT2D eigenvalue weighted by atomic mass is 32.2. The predicted molar refractivity (Wildman–Crippen MR) is 123 cm³/mol. The van der Waals surface area contributed by atoms with E-state index in [0.29, 0.717) is 23.6 Å². The van der Waals surface area contributed by atoms with E-state index in [2.05, 4.69) is 10.6 Å². The molecule has 0 heterocycles. The van der Waals surface area contributed by atoms with E-state index in [1.807, 2.05) is 80.6 Å². The Morgan fingerprint density at radius 1 is 0.867 bits per heavy atom. The molecule has 5 nitrogen and oxygen atoms in total. The fraction of sp³-hybridized carbons (Fsp3) is 0.167. The van der Waals surface area contributed by atoms with E-state index >= 15 is 0 Å². The molecule has 6 heteroatoms. The lowest BCUT2D eigenvalue weighted by atomic mass is 10.1. The van der Waals surface area contributed by atoms with Gasteiger partial charge in [0.15, 0.2) is 0 Å². The second kappa shape index (κ2) is 10.5. The second-order valence-electron chi connectivity index (χ2n) is 6.59. The molecule has 30 heavy (non-hydrogen) atoms. The third-order valence-electron chi connectivity index (χ3n) is 4.32. The minimum absolute atomic E-state index is 0.0823. The fourth-order valence-corrected chi connectivity index (χ4v) is 3.51. The molecule has 0 atom stereocenters. The Hall–Kier alpha value is -3.25. The maximum absolute atomic E-state index is 12.4. The standard InChI is InChI=1S/C24H24N2O3S/c1-3-29-20-12-8-18(9-13-20)25-23(27)16-30-21-14-10-19(11-15-21)26-24(28)22-7-5-4-6-17(22)2/h4-15H,3,16H2,1-2H3,(H,25,27)(H,26,28). The number of amides is 2. The van der Waals surface area contributed by atoms with Crippen LogP contribution in [0, 0.1) is 6.92 Å². The van der Waals surface area contributed by atoms with Gasteiger partial charge >= 0.3 is 0 Å². The molecular weight excluding hydrogens is 396 g/mol. The molecule has 0 saturated heterocycles. The molecule has 0 aromatic heterocycles. The van der Waals surface area contributed by atoms with Crippen LogP contribution < -0.4 is 15.4 Å². The van der Waals surface area contributed by atoms with Gasteiger partial charge in [-0.25, -0.2) is 0 Å². The Labute approximate surface area is 180 Å². The van der Waals surface area contributed by atoms with Crippen molar-refractivity contribution in [2.45, 2.75) is 18.7 Å². The number of nitrogens with one attached hydrogen (secondary N) is 2. The first-order valence-corrected chi connectivity index (χ1v) is 10.7. The van der Waals surface area contributed by atoms with E-state index in [0.717, 1.165) is 21.9 Å². The highest BCUT2D eigenvalue weighted by Gasteiger charge is 2.09. The fourth-order valence-electron chi connectivity index (χ4n) is 2.81. The maximum Gasteiger partial charge on any atom is 0.255 e. The first kappa shape index (κ1) is 21.5. The Kier molecular flexibility index (Phi) is 7.51. The molecule has 0 spiro atoms. The topological polar surface area (TPSA) is 67.4 Å². The third-order valence-corrected chi connectivity index (χ3v) is 5.33. The summed E-state index contributed by atoms with van der Waals surface area (Å²) in [7, 11) is 0. The number of ether oxygens (including phenoxy) is 1. The van der Waals surface area contributed by atoms with Crippen LogP contribution in [0.15, 0.2) is 77.7 Å². The molecule has 0 bridgehead atoms. The first-order valence-electron chi connectivity index (χ1n) is 9.67. The minimum Gasteiger partial charge on any atom is -0.494 e. The van der Waals surface area contributed by atoms with Gasteiger partial charge in [0.25, 0.3) is 5.91 Å². The van der Waals surface area contributed by atoms with Crippen LogP contribution in [0.1, 0.15) is 22.8 Å². The van der Waals surface area contributed by atoms with Crippen LogP contribution in [0.4, 0.5) is 11.4 Å². The summed E-state index contributed by atoms with van der Waals surface area (Å²) in [4.78, 5) is 25.5. The van der Waals surface area contributed by atoms with Gasteiger partial charge in [-0.2, -0.15) is 0 Å². The van der Waals surface area contributed by atoms with Crippen molar-refractivity contribution in [2.75, 3.05) is 23.0 Å². The van der Waals surface area contributed by atoms with E-state index in [4.69, 9.17) is 4.74 Å². The highest BCUT2D eigenvalue weighted by molar-refractivity contribution is 8.00. The number of benzene rings is 3. The van der Waals surface area contributed by atoms with Crippen molar-refractivity contribution in [1.82, 2.24) is 0 Å². The lowest BCUT2D eigenvalue weighted by Gasteiger charge is -2.09. The summed E-state index contributed by atoms with van der Waals surface area (Å²) in [5.74, 6) is 0.853. The summed E-state index contributed by atoms with van der Waals surface area (Å²) < 4.78 is 5.39. The van der Waals surface area contributed by atoms with Crippen molar-refractivity contribution in [3.8, 4) is 5.75 Å². The molecule has 0 unspecified atom stereocenters. The van der Waals surface area contributed by atoms with Crippen LogP contribution in [0.3, 0.4) is 0 Å². The molecule has 3 rings (SSSR count). The normalized spacial score (nSPS) is 10.3. The quantitative estimate of drug-likeness (QED) is 0.480. The van der Waals surface area contributed by atoms with Crippen molar-refractivity contribution in [3.63, 3.8) is 0 Å². The van der Waals surface area contributed by atoms with Gasteiger partial charge in [0.1, 0.15) is 5.75 Å². The number of hydrogen-bond acceptors (Lipinski definition) is 4. The lowest BCUT2D eigenvalue weighted by Crippen LogP contribution is -2.14. The molecule has 0 aliphatic heterocycles. The average molecular weight is 421 g/mol.